The smallest absolute Gasteiger partial charge is 0.320 e. The quantitative estimate of drug-likeness (QED) is 0.619. The molecule has 0 amide bonds. The molecule has 0 aromatic carbocycles. The molecule has 1 fully saturated rings. The Labute approximate surface area is 65.8 Å². The van der Waals surface area contributed by atoms with Gasteiger partial charge < -0.3 is 9.84 Å². The Morgan fingerprint density at radius 3 is 2.64 bits per heavy atom. The van der Waals surface area contributed by atoms with Gasteiger partial charge in [-0.3, -0.25) is 9.69 Å². The van der Waals surface area contributed by atoms with Gasteiger partial charge in [-0.2, -0.15) is 0 Å². The second kappa shape index (κ2) is 3.19. The van der Waals surface area contributed by atoms with E-state index in [2.05, 4.69) is 0 Å². The van der Waals surface area contributed by atoms with E-state index in [1.165, 1.54) is 0 Å². The Bertz CT molecular complexity index is 154. The average molecular weight is 159 g/mol. The predicted molar refractivity (Wildman–Crippen MR) is 39.5 cm³/mol. The van der Waals surface area contributed by atoms with Crippen molar-refractivity contribution in [3.05, 3.63) is 0 Å². The molecule has 0 radical (unpaired) electrons. The first-order valence-electron chi connectivity index (χ1n) is 3.64. The zero-order chi connectivity index (χ0) is 8.43. The van der Waals surface area contributed by atoms with Gasteiger partial charge in [0.15, 0.2) is 0 Å². The number of carboxylic acid groups (broad SMARTS) is 1. The molecule has 11 heavy (non-hydrogen) atoms. The van der Waals surface area contributed by atoms with Crippen LogP contribution in [-0.2, 0) is 9.53 Å². The first kappa shape index (κ1) is 8.49. The van der Waals surface area contributed by atoms with E-state index in [9.17, 15) is 4.79 Å². The molecule has 0 unspecified atom stereocenters. The average Bonchev–Trinajstić information content (AvgIpc) is 1.85. The van der Waals surface area contributed by atoms with E-state index >= 15 is 0 Å². The van der Waals surface area contributed by atoms with Crippen LogP contribution in [0.1, 0.15) is 6.92 Å². The molecule has 0 aliphatic carbocycles. The highest BCUT2D eigenvalue weighted by atomic mass is 16.5. The van der Waals surface area contributed by atoms with Gasteiger partial charge in [0.05, 0.1) is 6.10 Å². The second-order valence-electron chi connectivity index (χ2n) is 2.83. The van der Waals surface area contributed by atoms with Crippen LogP contribution >= 0.6 is 0 Å². The molecule has 0 spiro atoms. The van der Waals surface area contributed by atoms with Crippen molar-refractivity contribution in [2.45, 2.75) is 19.1 Å². The number of aliphatic carboxylic acids is 1. The monoisotopic (exact) mass is 159 g/mol. The summed E-state index contributed by atoms with van der Waals surface area (Å²) in [5.74, 6) is -0.764. The number of hydrogen-bond donors (Lipinski definition) is 1. The fraction of sp³-hybridized carbons (Fsp3) is 0.857. The number of likely N-dealkylation sites (tertiary alicyclic amines) is 1. The zero-order valence-electron chi connectivity index (χ0n) is 6.78. The molecule has 1 N–H and O–H groups in total. The van der Waals surface area contributed by atoms with Gasteiger partial charge in [0.25, 0.3) is 0 Å². The lowest BCUT2D eigenvalue weighted by molar-refractivity contribution is -0.148. The van der Waals surface area contributed by atoms with Crippen LogP contribution in [0, 0.1) is 0 Å². The molecule has 1 rings (SSSR count). The summed E-state index contributed by atoms with van der Waals surface area (Å²) in [4.78, 5) is 12.3. The van der Waals surface area contributed by atoms with Gasteiger partial charge in [-0.25, -0.2) is 0 Å². The van der Waals surface area contributed by atoms with E-state index in [0.717, 1.165) is 13.1 Å². The summed E-state index contributed by atoms with van der Waals surface area (Å²) in [5, 5.41) is 8.59. The van der Waals surface area contributed by atoms with Crippen molar-refractivity contribution in [2.75, 3.05) is 20.2 Å². The van der Waals surface area contributed by atoms with Crippen LogP contribution in [0.25, 0.3) is 0 Å². The minimum atomic E-state index is -0.764. The van der Waals surface area contributed by atoms with E-state index < -0.39 is 5.97 Å². The van der Waals surface area contributed by atoms with Gasteiger partial charge in [0.1, 0.15) is 6.04 Å². The second-order valence-corrected chi connectivity index (χ2v) is 2.83. The number of methoxy groups -OCH3 is 1. The van der Waals surface area contributed by atoms with Gasteiger partial charge >= 0.3 is 5.97 Å². The molecule has 64 valence electrons. The van der Waals surface area contributed by atoms with Gasteiger partial charge in [0.2, 0.25) is 0 Å². The Kier molecular flexibility index (Phi) is 2.46. The summed E-state index contributed by atoms with van der Waals surface area (Å²) in [5.41, 5.74) is 0. The van der Waals surface area contributed by atoms with E-state index in [0.29, 0.717) is 0 Å². The van der Waals surface area contributed by atoms with Crippen LogP contribution in [0.3, 0.4) is 0 Å². The first-order valence-corrected chi connectivity index (χ1v) is 3.64. The topological polar surface area (TPSA) is 49.8 Å². The van der Waals surface area contributed by atoms with Crippen molar-refractivity contribution in [3.8, 4) is 0 Å². The molecule has 1 heterocycles. The largest absolute Gasteiger partial charge is 0.480 e. The Morgan fingerprint density at radius 1 is 1.73 bits per heavy atom. The van der Waals surface area contributed by atoms with E-state index in [-0.39, 0.29) is 12.1 Å². The van der Waals surface area contributed by atoms with Gasteiger partial charge in [0, 0.05) is 20.2 Å². The minimum Gasteiger partial charge on any atom is -0.480 e. The number of carbonyl (C=O) groups is 1. The maximum absolute atomic E-state index is 10.4. The maximum atomic E-state index is 10.4. The number of rotatable bonds is 3. The van der Waals surface area contributed by atoms with Crippen molar-refractivity contribution in [1.82, 2.24) is 4.90 Å². The predicted octanol–water partition coefficient (Wildman–Crippen LogP) is -0.210. The minimum absolute atomic E-state index is 0.233. The molecule has 1 aliphatic rings. The van der Waals surface area contributed by atoms with Crippen molar-refractivity contribution >= 4 is 5.97 Å². The third-order valence-corrected chi connectivity index (χ3v) is 2.11. The molecular formula is C7H13NO3. The molecule has 1 aliphatic heterocycles. The van der Waals surface area contributed by atoms with Gasteiger partial charge in [-0.1, -0.05) is 0 Å². The molecule has 4 heteroatoms. The Balaban J connectivity index is 2.26. The van der Waals surface area contributed by atoms with E-state index in [1.54, 1.807) is 14.0 Å². The summed E-state index contributed by atoms with van der Waals surface area (Å²) >= 11 is 0. The summed E-state index contributed by atoms with van der Waals surface area (Å²) < 4.78 is 5.01. The summed E-state index contributed by atoms with van der Waals surface area (Å²) in [6.45, 7) is 3.17. The van der Waals surface area contributed by atoms with Crippen molar-refractivity contribution in [2.24, 2.45) is 0 Å². The normalized spacial score (nSPS) is 22.7. The number of carboxylic acids is 1. The number of nitrogens with zero attached hydrogens (tertiary/aromatic N) is 1. The summed E-state index contributed by atoms with van der Waals surface area (Å²) in [6.07, 6.45) is 0.233. The molecule has 0 saturated carbocycles. The Morgan fingerprint density at radius 2 is 2.27 bits per heavy atom. The van der Waals surface area contributed by atoms with E-state index in [4.69, 9.17) is 9.84 Å². The third kappa shape index (κ3) is 1.70. The fourth-order valence-electron chi connectivity index (χ4n) is 1.09. The van der Waals surface area contributed by atoms with Crippen LogP contribution in [0.2, 0.25) is 0 Å². The molecule has 0 bridgehead atoms. The zero-order valence-corrected chi connectivity index (χ0v) is 6.78. The highest BCUT2D eigenvalue weighted by Crippen LogP contribution is 2.14. The highest BCUT2D eigenvalue weighted by molar-refractivity contribution is 5.73. The lowest BCUT2D eigenvalue weighted by Gasteiger charge is -2.40. The Hall–Kier alpha value is -0.610. The molecular weight excluding hydrogens is 146 g/mol. The summed E-state index contributed by atoms with van der Waals surface area (Å²) in [6, 6.07) is -0.374. The van der Waals surface area contributed by atoms with Crippen LogP contribution in [-0.4, -0.2) is 48.3 Å². The molecule has 4 nitrogen and oxygen atoms in total. The standard InChI is InChI=1S/C7H13NO3/c1-5(7(9)10)8-3-6(4-8)11-2/h5-6H,3-4H2,1-2H3,(H,9,10)/t5-/m1/s1. The van der Waals surface area contributed by atoms with E-state index in [1.807, 2.05) is 4.90 Å². The van der Waals surface area contributed by atoms with Gasteiger partial charge in [-0.05, 0) is 6.92 Å². The molecule has 1 saturated heterocycles. The van der Waals surface area contributed by atoms with Crippen LogP contribution in [0.5, 0.6) is 0 Å². The van der Waals surface area contributed by atoms with Crippen LogP contribution in [0.4, 0.5) is 0 Å². The molecule has 0 aromatic rings. The van der Waals surface area contributed by atoms with Crippen LogP contribution in [0.15, 0.2) is 0 Å². The molecule has 1 atom stereocenters. The number of hydrogen-bond acceptors (Lipinski definition) is 3. The highest BCUT2D eigenvalue weighted by Gasteiger charge is 2.33. The SMILES string of the molecule is COC1CN([C@H](C)C(=O)O)C1. The lowest BCUT2D eigenvalue weighted by Crippen LogP contribution is -2.57. The summed E-state index contributed by atoms with van der Waals surface area (Å²) in [7, 11) is 1.65. The molecule has 0 aromatic heterocycles. The fourth-order valence-corrected chi connectivity index (χ4v) is 1.09. The lowest BCUT2D eigenvalue weighted by atomic mass is 10.1. The van der Waals surface area contributed by atoms with Crippen molar-refractivity contribution < 1.29 is 14.6 Å². The maximum Gasteiger partial charge on any atom is 0.320 e. The third-order valence-electron chi connectivity index (χ3n) is 2.11. The van der Waals surface area contributed by atoms with Crippen molar-refractivity contribution in [1.29, 1.82) is 0 Å². The van der Waals surface area contributed by atoms with Crippen LogP contribution < -0.4 is 0 Å². The van der Waals surface area contributed by atoms with Gasteiger partial charge in [-0.15, -0.1) is 0 Å². The van der Waals surface area contributed by atoms with Crippen molar-refractivity contribution in [3.63, 3.8) is 0 Å². The first-order chi connectivity index (χ1) is 5.15. The number of ether oxygens (including phenoxy) is 1.